The summed E-state index contributed by atoms with van der Waals surface area (Å²) in [5, 5.41) is 5.55. The number of furan rings is 1. The van der Waals surface area contributed by atoms with Crippen LogP contribution >= 0.6 is 24.0 Å². The van der Waals surface area contributed by atoms with Gasteiger partial charge >= 0.3 is 0 Å². The maximum atomic E-state index is 6.24. The maximum absolute atomic E-state index is 6.24. The van der Waals surface area contributed by atoms with Crippen LogP contribution in [0.25, 0.3) is 16.7 Å². The molecule has 4 aromatic rings. The van der Waals surface area contributed by atoms with E-state index in [4.69, 9.17) is 16.0 Å². The molecule has 0 bridgehead atoms. The van der Waals surface area contributed by atoms with Crippen molar-refractivity contribution in [1.29, 1.82) is 0 Å². The fourth-order valence-corrected chi connectivity index (χ4v) is 3.86. The van der Waals surface area contributed by atoms with Gasteiger partial charge in [0.25, 0.3) is 0 Å². The minimum Gasteiger partial charge on any atom is -0.459 e. The number of hydrogen-bond acceptors (Lipinski definition) is 2. The van der Waals surface area contributed by atoms with Gasteiger partial charge in [0.05, 0.1) is 5.69 Å². The van der Waals surface area contributed by atoms with Gasteiger partial charge in [0.2, 0.25) is 0 Å². The Hall–Kier alpha value is -2.20. The van der Waals surface area contributed by atoms with Crippen molar-refractivity contribution in [3.63, 3.8) is 0 Å². The summed E-state index contributed by atoms with van der Waals surface area (Å²) in [6.45, 7) is 2.87. The van der Waals surface area contributed by atoms with E-state index in [1.165, 1.54) is 16.5 Å². The summed E-state index contributed by atoms with van der Waals surface area (Å²) in [7, 11) is 0. The first-order chi connectivity index (χ1) is 12.2. The van der Waals surface area contributed by atoms with E-state index in [-0.39, 0.29) is 18.4 Å². The minimum atomic E-state index is -0.00650. The van der Waals surface area contributed by atoms with Crippen LogP contribution in [0.2, 0.25) is 5.02 Å². The molecule has 5 heteroatoms. The molecule has 0 saturated carbocycles. The molecule has 1 N–H and O–H groups in total. The molecule has 1 aliphatic rings. The van der Waals surface area contributed by atoms with Crippen LogP contribution in [0.4, 0.5) is 0 Å². The van der Waals surface area contributed by atoms with E-state index in [1.54, 1.807) is 0 Å². The highest BCUT2D eigenvalue weighted by molar-refractivity contribution is 6.30. The van der Waals surface area contributed by atoms with Crippen LogP contribution in [0, 0.1) is 6.92 Å². The van der Waals surface area contributed by atoms with Gasteiger partial charge < -0.3 is 8.98 Å². The lowest BCUT2D eigenvalue weighted by Gasteiger charge is -2.15. The highest BCUT2D eigenvalue weighted by Crippen LogP contribution is 2.34. The van der Waals surface area contributed by atoms with E-state index in [1.807, 2.05) is 24.3 Å². The Labute approximate surface area is 163 Å². The summed E-state index contributed by atoms with van der Waals surface area (Å²) in [4.78, 5) is 0. The van der Waals surface area contributed by atoms with Gasteiger partial charge in [-0.25, -0.2) is 0 Å². The maximum Gasteiger partial charge on any atom is 0.134 e. The Balaban J connectivity index is 0.00000168. The molecule has 0 saturated heterocycles. The van der Waals surface area contributed by atoms with Crippen LogP contribution in [-0.2, 0) is 6.54 Å². The van der Waals surface area contributed by atoms with Crippen molar-refractivity contribution < 1.29 is 4.42 Å². The zero-order chi connectivity index (χ0) is 17.0. The highest BCUT2D eigenvalue weighted by Gasteiger charge is 2.25. The smallest absolute Gasteiger partial charge is 0.134 e. The van der Waals surface area contributed by atoms with Gasteiger partial charge in [0, 0.05) is 28.8 Å². The molecule has 3 nitrogen and oxygen atoms in total. The Morgan fingerprint density at radius 1 is 1.12 bits per heavy atom. The second kappa shape index (κ2) is 6.51. The van der Waals surface area contributed by atoms with Gasteiger partial charge in [-0.15, -0.1) is 12.4 Å². The van der Waals surface area contributed by atoms with Crippen LogP contribution in [0.5, 0.6) is 0 Å². The molecule has 0 aliphatic carbocycles. The zero-order valence-electron chi connectivity index (χ0n) is 14.2. The molecule has 0 fully saturated rings. The van der Waals surface area contributed by atoms with Gasteiger partial charge in [-0.2, -0.15) is 0 Å². The van der Waals surface area contributed by atoms with Crippen molar-refractivity contribution in [2.45, 2.75) is 19.5 Å². The van der Waals surface area contributed by atoms with Crippen LogP contribution in [0.15, 0.2) is 65.2 Å². The second-order valence-corrected chi connectivity index (χ2v) is 6.96. The van der Waals surface area contributed by atoms with E-state index < -0.39 is 0 Å². The number of hydrogen-bond donors (Lipinski definition) is 1. The van der Waals surface area contributed by atoms with Gasteiger partial charge in [-0.05, 0) is 54.4 Å². The van der Waals surface area contributed by atoms with E-state index in [0.717, 1.165) is 34.3 Å². The fraction of sp³-hybridized carbons (Fsp3) is 0.143. The summed E-state index contributed by atoms with van der Waals surface area (Å²) in [5.74, 6) is 0.933. The summed E-state index contributed by atoms with van der Waals surface area (Å²) in [5.41, 5.74) is 5.65. The highest BCUT2D eigenvalue weighted by atomic mass is 35.5. The molecule has 0 radical (unpaired) electrons. The summed E-state index contributed by atoms with van der Waals surface area (Å²) in [6.07, 6.45) is 2.08. The molecule has 5 rings (SSSR count). The molecule has 3 heterocycles. The average Bonchev–Trinajstić information content (AvgIpc) is 3.22. The van der Waals surface area contributed by atoms with E-state index in [9.17, 15) is 0 Å². The predicted molar refractivity (Wildman–Crippen MR) is 108 cm³/mol. The molecule has 1 aliphatic heterocycles. The molecule has 2 aromatic carbocycles. The van der Waals surface area contributed by atoms with E-state index in [2.05, 4.69) is 53.3 Å². The molecular weight excluding hydrogens is 367 g/mol. The lowest BCUT2D eigenvalue weighted by molar-refractivity contribution is 0.465. The lowest BCUT2D eigenvalue weighted by atomic mass is 10.1. The van der Waals surface area contributed by atoms with Gasteiger partial charge in [0.1, 0.15) is 17.4 Å². The summed E-state index contributed by atoms with van der Waals surface area (Å²) >= 11 is 6.24. The first-order valence-electron chi connectivity index (χ1n) is 8.39. The normalized spacial score (nSPS) is 15.8. The fourth-order valence-electron chi connectivity index (χ4n) is 3.69. The number of aryl methyl sites for hydroxylation is 1. The number of rotatable bonds is 1. The number of nitrogens with zero attached hydrogens (tertiary/aromatic N) is 1. The number of aromatic nitrogens is 1. The van der Waals surface area contributed by atoms with Crippen LogP contribution in [-0.4, -0.2) is 4.57 Å². The Morgan fingerprint density at radius 2 is 2.00 bits per heavy atom. The Morgan fingerprint density at radius 3 is 2.85 bits per heavy atom. The van der Waals surface area contributed by atoms with Crippen molar-refractivity contribution in [3.05, 3.63) is 88.4 Å². The van der Waals surface area contributed by atoms with Crippen LogP contribution < -0.4 is 5.32 Å². The number of nitrogens with one attached hydrogen (secondary N) is 1. The predicted octanol–water partition coefficient (Wildman–Crippen LogP) is 5.80. The van der Waals surface area contributed by atoms with Gasteiger partial charge in [-0.3, -0.25) is 5.32 Å². The van der Waals surface area contributed by atoms with Crippen LogP contribution in [0.3, 0.4) is 0 Å². The van der Waals surface area contributed by atoms with Crippen molar-refractivity contribution >= 4 is 35.0 Å². The summed E-state index contributed by atoms with van der Waals surface area (Å²) in [6, 6.07) is 18.6. The number of fused-ring (bicyclic) bond motifs is 4. The topological polar surface area (TPSA) is 30.1 Å². The molecular formula is C21H18Cl2N2O. The first kappa shape index (κ1) is 17.2. The lowest BCUT2D eigenvalue weighted by Crippen LogP contribution is -2.20. The van der Waals surface area contributed by atoms with Gasteiger partial charge in [0.15, 0.2) is 0 Å². The molecule has 0 amide bonds. The molecule has 1 unspecified atom stereocenters. The second-order valence-electron chi connectivity index (χ2n) is 6.53. The van der Waals surface area contributed by atoms with E-state index in [0.29, 0.717) is 0 Å². The average molecular weight is 385 g/mol. The SMILES string of the molecule is Cc1cccc2oc(C3NCc4ccc(Cl)cc4-n4cccc43)cc12.Cl. The van der Waals surface area contributed by atoms with Crippen LogP contribution in [0.1, 0.15) is 28.6 Å². The molecule has 26 heavy (non-hydrogen) atoms. The Bertz CT molecular complexity index is 1100. The third-order valence-corrected chi connectivity index (χ3v) is 5.20. The third-order valence-electron chi connectivity index (χ3n) is 4.96. The molecule has 0 spiro atoms. The first-order valence-corrected chi connectivity index (χ1v) is 8.77. The Kier molecular flexibility index (Phi) is 4.31. The van der Waals surface area contributed by atoms with Crippen molar-refractivity contribution in [2.75, 3.05) is 0 Å². The number of benzene rings is 2. The monoisotopic (exact) mass is 384 g/mol. The van der Waals surface area contributed by atoms with Gasteiger partial charge in [-0.1, -0.05) is 29.8 Å². The largest absolute Gasteiger partial charge is 0.459 e. The van der Waals surface area contributed by atoms with E-state index >= 15 is 0 Å². The number of halogens is 2. The van der Waals surface area contributed by atoms with Crippen molar-refractivity contribution in [2.24, 2.45) is 0 Å². The molecule has 2 aromatic heterocycles. The quantitative estimate of drug-likeness (QED) is 0.449. The third kappa shape index (κ3) is 2.64. The minimum absolute atomic E-state index is 0. The van der Waals surface area contributed by atoms with Crippen molar-refractivity contribution in [1.82, 2.24) is 9.88 Å². The zero-order valence-corrected chi connectivity index (χ0v) is 15.8. The standard InChI is InChI=1S/C21H17ClN2O.ClH/c1-13-4-2-6-19-16(13)11-20(25-19)21-17-5-3-9-24(17)18-10-15(22)8-7-14(18)12-23-21;/h2-11,21,23H,12H2,1H3;1H. The molecule has 1 atom stereocenters. The van der Waals surface area contributed by atoms with Crippen molar-refractivity contribution in [3.8, 4) is 5.69 Å². The molecule has 132 valence electrons. The summed E-state index contributed by atoms with van der Waals surface area (Å²) < 4.78 is 8.39.